The molecule has 0 fully saturated rings. The van der Waals surface area contributed by atoms with Crippen LogP contribution in [0.3, 0.4) is 0 Å². The number of carbonyl (C=O) groups is 2. The number of rotatable bonds is 36. The zero-order valence-electron chi connectivity index (χ0n) is 30.4. The summed E-state index contributed by atoms with van der Waals surface area (Å²) in [4.78, 5) is 42.7. The van der Waals surface area contributed by atoms with E-state index in [0.717, 1.165) is 51.4 Å². The van der Waals surface area contributed by atoms with Crippen LogP contribution < -0.4 is 0 Å². The Labute approximate surface area is 288 Å². The molecule has 0 saturated heterocycles. The number of phosphoric ester groups is 1. The number of unbranched alkanes of at least 4 members (excludes halogenated alkanes) is 24. The van der Waals surface area contributed by atoms with Gasteiger partial charge in [0, 0.05) is 12.8 Å². The van der Waals surface area contributed by atoms with E-state index in [2.05, 4.69) is 30.5 Å². The maximum atomic E-state index is 12.3. The number of hydrogen-bond donors (Lipinski definition) is 2. The van der Waals surface area contributed by atoms with Crippen molar-refractivity contribution < 1.29 is 37.9 Å². The Hall–Kier alpha value is -1.21. The number of allylic oxidation sites excluding steroid dienone is 2. The first kappa shape index (κ1) is 45.8. The Morgan fingerprint density at radius 1 is 0.532 bits per heavy atom. The summed E-state index contributed by atoms with van der Waals surface area (Å²) >= 11 is 0. The molecule has 0 rings (SSSR count). The van der Waals surface area contributed by atoms with Crippen LogP contribution in [0.25, 0.3) is 0 Å². The van der Waals surface area contributed by atoms with Crippen LogP contribution in [0.5, 0.6) is 0 Å². The van der Waals surface area contributed by atoms with Gasteiger partial charge in [-0.2, -0.15) is 0 Å². The summed E-state index contributed by atoms with van der Waals surface area (Å²) in [6, 6.07) is 0. The minimum atomic E-state index is -4.75. The number of hydrogen-bond acceptors (Lipinski definition) is 6. The molecule has 0 unspecified atom stereocenters. The molecule has 8 nitrogen and oxygen atoms in total. The minimum Gasteiger partial charge on any atom is -0.462 e. The molecular weight excluding hydrogens is 615 g/mol. The molecule has 47 heavy (non-hydrogen) atoms. The van der Waals surface area contributed by atoms with Gasteiger partial charge in [0.1, 0.15) is 6.61 Å². The van der Waals surface area contributed by atoms with Crippen molar-refractivity contribution >= 4 is 19.8 Å². The van der Waals surface area contributed by atoms with Gasteiger partial charge in [-0.1, -0.05) is 161 Å². The molecule has 1 atom stereocenters. The van der Waals surface area contributed by atoms with E-state index < -0.39 is 32.5 Å². The van der Waals surface area contributed by atoms with Crippen molar-refractivity contribution in [3.05, 3.63) is 12.2 Å². The summed E-state index contributed by atoms with van der Waals surface area (Å²) in [6.07, 6.45) is 36.4. The van der Waals surface area contributed by atoms with Gasteiger partial charge in [-0.15, -0.1) is 0 Å². The van der Waals surface area contributed by atoms with Crippen LogP contribution in [-0.2, 0) is 28.2 Å². The Bertz CT molecular complexity index is 782. The van der Waals surface area contributed by atoms with Crippen LogP contribution >= 0.6 is 7.82 Å². The smallest absolute Gasteiger partial charge is 0.462 e. The van der Waals surface area contributed by atoms with Crippen LogP contribution in [0.4, 0.5) is 0 Å². The molecule has 0 aromatic carbocycles. The Balaban J connectivity index is 3.92. The maximum Gasteiger partial charge on any atom is 0.469 e. The number of carbonyl (C=O) groups excluding carboxylic acids is 2. The van der Waals surface area contributed by atoms with Crippen molar-refractivity contribution in [1.82, 2.24) is 0 Å². The summed E-state index contributed by atoms with van der Waals surface area (Å²) in [5.74, 6) is -0.886. The highest BCUT2D eigenvalue weighted by atomic mass is 31.2. The Morgan fingerprint density at radius 2 is 0.894 bits per heavy atom. The SMILES string of the molecule is CCCCCC/C=C\CCCCCCCC(=O)O[C@H](COC(=O)CCCCCCCCCCCCCCCCCC)COP(=O)(O)O. The summed E-state index contributed by atoms with van der Waals surface area (Å²) in [5, 5.41) is 0. The third kappa shape index (κ3) is 37.5. The zero-order valence-corrected chi connectivity index (χ0v) is 31.3. The molecule has 0 heterocycles. The highest BCUT2D eigenvalue weighted by Crippen LogP contribution is 2.36. The van der Waals surface area contributed by atoms with E-state index in [9.17, 15) is 14.2 Å². The van der Waals surface area contributed by atoms with Gasteiger partial charge in [-0.25, -0.2) is 4.57 Å². The monoisotopic (exact) mass is 689 g/mol. The lowest BCUT2D eigenvalue weighted by molar-refractivity contribution is -0.161. The van der Waals surface area contributed by atoms with Gasteiger partial charge in [-0.05, 0) is 38.5 Å². The van der Waals surface area contributed by atoms with E-state index in [1.165, 1.54) is 116 Å². The fourth-order valence-electron chi connectivity index (χ4n) is 5.60. The average Bonchev–Trinajstić information content (AvgIpc) is 3.03. The van der Waals surface area contributed by atoms with E-state index in [1.807, 2.05) is 0 Å². The first-order chi connectivity index (χ1) is 22.8. The van der Waals surface area contributed by atoms with E-state index in [4.69, 9.17) is 19.3 Å². The first-order valence-corrected chi connectivity index (χ1v) is 21.0. The van der Waals surface area contributed by atoms with Crippen LogP contribution in [0.1, 0.15) is 200 Å². The van der Waals surface area contributed by atoms with Gasteiger partial charge >= 0.3 is 19.8 Å². The molecule has 0 aliphatic heterocycles. The standard InChI is InChI=1S/C38H73O8P/c1-3-5-7-9-11-13-15-17-18-19-21-22-24-26-28-30-32-37(39)44-34-36(35-45-47(41,42)43)46-38(40)33-31-29-27-25-23-20-16-14-12-10-8-6-4-2/h14,16,36H,3-13,15,17-35H2,1-2H3,(H2,41,42,43)/b16-14-/t36-/m1/s1. The average molecular weight is 689 g/mol. The van der Waals surface area contributed by atoms with Crippen LogP contribution in [0.15, 0.2) is 12.2 Å². The largest absolute Gasteiger partial charge is 0.469 e. The molecule has 0 bridgehead atoms. The van der Waals surface area contributed by atoms with Crippen molar-refractivity contribution in [1.29, 1.82) is 0 Å². The van der Waals surface area contributed by atoms with Crippen LogP contribution in [-0.4, -0.2) is 41.0 Å². The highest BCUT2D eigenvalue weighted by Gasteiger charge is 2.22. The molecule has 0 radical (unpaired) electrons. The van der Waals surface area contributed by atoms with E-state index >= 15 is 0 Å². The number of phosphoric acid groups is 1. The molecule has 0 aromatic heterocycles. The summed E-state index contributed by atoms with van der Waals surface area (Å²) in [5.41, 5.74) is 0. The second-order valence-corrected chi connectivity index (χ2v) is 14.5. The normalized spacial score (nSPS) is 12.5. The van der Waals surface area contributed by atoms with Gasteiger partial charge < -0.3 is 19.3 Å². The van der Waals surface area contributed by atoms with Crippen LogP contribution in [0, 0.1) is 0 Å². The molecule has 0 aromatic rings. The molecule has 2 N–H and O–H groups in total. The fraction of sp³-hybridized carbons (Fsp3) is 0.895. The van der Waals surface area contributed by atoms with E-state index in [0.29, 0.717) is 6.42 Å². The maximum absolute atomic E-state index is 12.3. The zero-order chi connectivity index (χ0) is 34.7. The van der Waals surface area contributed by atoms with E-state index in [-0.39, 0.29) is 19.4 Å². The number of esters is 2. The highest BCUT2D eigenvalue weighted by molar-refractivity contribution is 7.46. The topological polar surface area (TPSA) is 119 Å². The van der Waals surface area contributed by atoms with Crippen molar-refractivity contribution in [3.8, 4) is 0 Å². The third-order valence-corrected chi connectivity index (χ3v) is 9.02. The third-order valence-electron chi connectivity index (χ3n) is 8.53. The van der Waals surface area contributed by atoms with Crippen molar-refractivity contribution in [2.45, 2.75) is 206 Å². The summed E-state index contributed by atoms with van der Waals surface area (Å²) < 4.78 is 26.3. The van der Waals surface area contributed by atoms with Crippen LogP contribution in [0.2, 0.25) is 0 Å². The lowest BCUT2D eigenvalue weighted by Crippen LogP contribution is -2.29. The van der Waals surface area contributed by atoms with Crippen molar-refractivity contribution in [2.24, 2.45) is 0 Å². The lowest BCUT2D eigenvalue weighted by atomic mass is 10.0. The Morgan fingerprint density at radius 3 is 1.32 bits per heavy atom. The second kappa shape index (κ2) is 34.6. The van der Waals surface area contributed by atoms with Crippen molar-refractivity contribution in [3.63, 3.8) is 0 Å². The predicted molar refractivity (Wildman–Crippen MR) is 193 cm³/mol. The lowest BCUT2D eigenvalue weighted by Gasteiger charge is -2.18. The molecule has 0 amide bonds. The molecule has 278 valence electrons. The van der Waals surface area contributed by atoms with Gasteiger partial charge in [0.2, 0.25) is 0 Å². The number of ether oxygens (including phenoxy) is 2. The van der Waals surface area contributed by atoms with E-state index in [1.54, 1.807) is 0 Å². The minimum absolute atomic E-state index is 0.206. The van der Waals surface area contributed by atoms with Gasteiger partial charge in [0.05, 0.1) is 6.61 Å². The first-order valence-electron chi connectivity index (χ1n) is 19.5. The molecule has 0 aliphatic rings. The molecule has 0 saturated carbocycles. The molecule has 9 heteroatoms. The van der Waals surface area contributed by atoms with Gasteiger partial charge in [-0.3, -0.25) is 14.1 Å². The molecule has 0 spiro atoms. The quantitative estimate of drug-likeness (QED) is 0.0289. The predicted octanol–water partition coefficient (Wildman–Crippen LogP) is 11.5. The Kier molecular flexibility index (Phi) is 33.8. The molecule has 0 aliphatic carbocycles. The summed E-state index contributed by atoms with van der Waals surface area (Å²) in [7, 11) is -4.75. The molecular formula is C38H73O8P. The fourth-order valence-corrected chi connectivity index (χ4v) is 5.96. The summed E-state index contributed by atoms with van der Waals surface area (Å²) in [6.45, 7) is 3.67. The van der Waals surface area contributed by atoms with Crippen molar-refractivity contribution in [2.75, 3.05) is 13.2 Å². The van der Waals surface area contributed by atoms with Gasteiger partial charge in [0.15, 0.2) is 6.10 Å². The second-order valence-electron chi connectivity index (χ2n) is 13.3. The van der Waals surface area contributed by atoms with Gasteiger partial charge in [0.25, 0.3) is 0 Å².